The van der Waals surface area contributed by atoms with Crippen molar-refractivity contribution < 1.29 is 14.0 Å². The lowest BCUT2D eigenvalue weighted by Gasteiger charge is -2.16. The number of nitrogens with zero attached hydrogens (tertiary/aromatic N) is 2. The first kappa shape index (κ1) is 19.6. The van der Waals surface area contributed by atoms with Gasteiger partial charge in [-0.3, -0.25) is 14.6 Å². The van der Waals surface area contributed by atoms with Crippen molar-refractivity contribution in [2.45, 2.75) is 26.2 Å². The van der Waals surface area contributed by atoms with Gasteiger partial charge in [0.1, 0.15) is 5.82 Å². The molecule has 6 heteroatoms. The van der Waals surface area contributed by atoms with Crippen LogP contribution in [0.4, 0.5) is 4.39 Å². The largest absolute Gasteiger partial charge is 0.352 e. The number of carbonyl (C=O) groups excluding carboxylic acids is 2. The first-order valence-corrected chi connectivity index (χ1v) is 8.74. The lowest BCUT2D eigenvalue weighted by atomic mass is 10.1. The highest BCUT2D eigenvalue weighted by atomic mass is 19.1. The van der Waals surface area contributed by atoms with Crippen LogP contribution in [0, 0.1) is 5.82 Å². The van der Waals surface area contributed by atoms with E-state index in [1.54, 1.807) is 30.1 Å². The number of nitrogens with one attached hydrogen (secondary N) is 1. The molecular weight excluding hydrogens is 333 g/mol. The molecule has 2 rings (SSSR count). The van der Waals surface area contributed by atoms with Crippen LogP contribution in [0.15, 0.2) is 42.7 Å². The quantitative estimate of drug-likeness (QED) is 0.790. The Bertz CT molecular complexity index is 747. The minimum atomic E-state index is -0.287. The predicted octanol–water partition coefficient (Wildman–Crippen LogP) is 3.07. The number of rotatable bonds is 8. The van der Waals surface area contributed by atoms with Gasteiger partial charge in [-0.15, -0.1) is 0 Å². The smallest absolute Gasteiger partial charge is 0.255 e. The van der Waals surface area contributed by atoms with Crippen molar-refractivity contribution in [3.63, 3.8) is 0 Å². The minimum Gasteiger partial charge on any atom is -0.352 e. The molecule has 0 aliphatic rings. The first-order valence-electron chi connectivity index (χ1n) is 8.74. The standard InChI is InChI=1S/C20H24FN3O2/c1-3-4-11-24(2)20(26)17-12-16(13-22-14-17)19(25)23-10-9-15-5-7-18(21)8-6-15/h5-8,12-14H,3-4,9-11H2,1-2H3,(H,23,25). The van der Waals surface area contributed by atoms with Gasteiger partial charge in [-0.05, 0) is 36.6 Å². The van der Waals surface area contributed by atoms with Gasteiger partial charge in [0.15, 0.2) is 0 Å². The second kappa shape index (κ2) is 9.65. The van der Waals surface area contributed by atoms with Crippen LogP contribution in [0.1, 0.15) is 46.0 Å². The Hall–Kier alpha value is -2.76. The summed E-state index contributed by atoms with van der Waals surface area (Å²) >= 11 is 0. The zero-order valence-corrected chi connectivity index (χ0v) is 15.2. The third kappa shape index (κ3) is 5.65. The van der Waals surface area contributed by atoms with Gasteiger partial charge in [0.05, 0.1) is 11.1 Å². The Morgan fingerprint density at radius 2 is 1.85 bits per heavy atom. The second-order valence-electron chi connectivity index (χ2n) is 6.17. The fourth-order valence-electron chi connectivity index (χ4n) is 2.47. The average Bonchev–Trinajstić information content (AvgIpc) is 2.67. The van der Waals surface area contributed by atoms with Crippen LogP contribution in [0.5, 0.6) is 0 Å². The van der Waals surface area contributed by atoms with E-state index in [-0.39, 0.29) is 17.6 Å². The van der Waals surface area contributed by atoms with E-state index >= 15 is 0 Å². The molecule has 0 aliphatic heterocycles. The molecule has 0 saturated heterocycles. The minimum absolute atomic E-state index is 0.146. The first-order chi connectivity index (χ1) is 12.5. The van der Waals surface area contributed by atoms with Crippen molar-refractivity contribution in [3.8, 4) is 0 Å². The SMILES string of the molecule is CCCCN(C)C(=O)c1cncc(C(=O)NCCc2ccc(F)cc2)c1. The molecule has 1 aromatic heterocycles. The molecule has 1 heterocycles. The van der Waals surface area contributed by atoms with Crippen molar-refractivity contribution in [2.75, 3.05) is 20.1 Å². The third-order valence-corrected chi connectivity index (χ3v) is 4.05. The summed E-state index contributed by atoms with van der Waals surface area (Å²) in [5.41, 5.74) is 1.68. The predicted molar refractivity (Wildman–Crippen MR) is 98.5 cm³/mol. The number of hydrogen-bond acceptors (Lipinski definition) is 3. The van der Waals surface area contributed by atoms with Crippen LogP contribution in [0.25, 0.3) is 0 Å². The van der Waals surface area contributed by atoms with Crippen molar-refractivity contribution in [1.29, 1.82) is 0 Å². The molecule has 0 spiro atoms. The van der Waals surface area contributed by atoms with Crippen LogP contribution in [-0.2, 0) is 6.42 Å². The highest BCUT2D eigenvalue weighted by Gasteiger charge is 2.14. The number of pyridine rings is 1. The normalized spacial score (nSPS) is 10.4. The highest BCUT2D eigenvalue weighted by Crippen LogP contribution is 2.07. The van der Waals surface area contributed by atoms with Gasteiger partial charge in [0.25, 0.3) is 11.8 Å². The second-order valence-corrected chi connectivity index (χ2v) is 6.17. The molecule has 0 bridgehead atoms. The Morgan fingerprint density at radius 1 is 1.15 bits per heavy atom. The van der Waals surface area contributed by atoms with Gasteiger partial charge in [0.2, 0.25) is 0 Å². The molecule has 1 N–H and O–H groups in total. The van der Waals surface area contributed by atoms with E-state index in [0.29, 0.717) is 30.6 Å². The molecule has 1 aromatic carbocycles. The van der Waals surface area contributed by atoms with E-state index in [1.165, 1.54) is 24.5 Å². The average molecular weight is 357 g/mol. The fraction of sp³-hybridized carbons (Fsp3) is 0.350. The molecule has 0 saturated carbocycles. The van der Waals surface area contributed by atoms with Gasteiger partial charge < -0.3 is 10.2 Å². The Labute approximate surface area is 153 Å². The maximum absolute atomic E-state index is 12.9. The summed E-state index contributed by atoms with van der Waals surface area (Å²) in [6, 6.07) is 7.73. The lowest BCUT2D eigenvalue weighted by molar-refractivity contribution is 0.0793. The molecule has 26 heavy (non-hydrogen) atoms. The molecule has 0 fully saturated rings. The maximum Gasteiger partial charge on any atom is 0.255 e. The summed E-state index contributed by atoms with van der Waals surface area (Å²) in [5, 5.41) is 2.79. The van der Waals surface area contributed by atoms with Gasteiger partial charge in [-0.25, -0.2) is 4.39 Å². The number of halogens is 1. The molecule has 5 nitrogen and oxygen atoms in total. The Kier molecular flexibility index (Phi) is 7.26. The molecule has 138 valence electrons. The maximum atomic E-state index is 12.9. The van der Waals surface area contributed by atoms with Crippen LogP contribution in [0.3, 0.4) is 0 Å². The number of carbonyl (C=O) groups is 2. The Morgan fingerprint density at radius 3 is 2.54 bits per heavy atom. The lowest BCUT2D eigenvalue weighted by Crippen LogP contribution is -2.29. The summed E-state index contributed by atoms with van der Waals surface area (Å²) in [6.07, 6.45) is 5.44. The van der Waals surface area contributed by atoms with Gasteiger partial charge in [-0.1, -0.05) is 25.5 Å². The van der Waals surface area contributed by atoms with Crippen molar-refractivity contribution in [3.05, 3.63) is 65.2 Å². The van der Waals surface area contributed by atoms with Crippen molar-refractivity contribution >= 4 is 11.8 Å². The van der Waals surface area contributed by atoms with E-state index in [2.05, 4.69) is 17.2 Å². The molecular formula is C20H24FN3O2. The summed E-state index contributed by atoms with van der Waals surface area (Å²) < 4.78 is 12.9. The van der Waals surface area contributed by atoms with Crippen molar-refractivity contribution in [2.24, 2.45) is 0 Å². The van der Waals surface area contributed by atoms with Crippen LogP contribution in [-0.4, -0.2) is 41.8 Å². The van der Waals surface area contributed by atoms with Crippen LogP contribution in [0.2, 0.25) is 0 Å². The number of aromatic nitrogens is 1. The monoisotopic (exact) mass is 357 g/mol. The van der Waals surface area contributed by atoms with Crippen LogP contribution >= 0.6 is 0 Å². The number of benzene rings is 1. The van der Waals surface area contributed by atoms with E-state index in [0.717, 1.165) is 18.4 Å². The molecule has 0 unspecified atom stereocenters. The molecule has 0 atom stereocenters. The summed E-state index contributed by atoms with van der Waals surface area (Å²) in [7, 11) is 1.74. The third-order valence-electron chi connectivity index (χ3n) is 4.05. The summed E-state index contributed by atoms with van der Waals surface area (Å²) in [4.78, 5) is 30.3. The Balaban J connectivity index is 1.92. The van der Waals surface area contributed by atoms with E-state index in [4.69, 9.17) is 0 Å². The zero-order valence-electron chi connectivity index (χ0n) is 15.2. The van der Waals surface area contributed by atoms with Gasteiger partial charge in [-0.2, -0.15) is 0 Å². The van der Waals surface area contributed by atoms with Gasteiger partial charge >= 0.3 is 0 Å². The molecule has 0 aliphatic carbocycles. The summed E-state index contributed by atoms with van der Waals surface area (Å²) in [6.45, 7) is 3.15. The van der Waals surface area contributed by atoms with Crippen molar-refractivity contribution in [1.82, 2.24) is 15.2 Å². The molecule has 0 radical (unpaired) electrons. The topological polar surface area (TPSA) is 62.3 Å². The fourth-order valence-corrected chi connectivity index (χ4v) is 2.47. The zero-order chi connectivity index (χ0) is 18.9. The number of amides is 2. The number of hydrogen-bond donors (Lipinski definition) is 1. The van der Waals surface area contributed by atoms with E-state index < -0.39 is 0 Å². The van der Waals surface area contributed by atoms with Crippen LogP contribution < -0.4 is 5.32 Å². The van der Waals surface area contributed by atoms with Gasteiger partial charge in [0, 0.05) is 32.5 Å². The number of unbranched alkanes of at least 4 members (excludes halogenated alkanes) is 1. The molecule has 2 aromatic rings. The van der Waals surface area contributed by atoms with E-state index in [1.807, 2.05) is 0 Å². The van der Waals surface area contributed by atoms with E-state index in [9.17, 15) is 14.0 Å². The molecule has 2 amide bonds. The summed E-state index contributed by atoms with van der Waals surface area (Å²) in [5.74, 6) is -0.716. The highest BCUT2D eigenvalue weighted by molar-refractivity contribution is 5.99.